The number of barbiturate groups is 1. The maximum absolute atomic E-state index is 16.2. The molecular formula is C23H21FN6O5S. The summed E-state index contributed by atoms with van der Waals surface area (Å²) in [6.45, 7) is 3.79. The lowest BCUT2D eigenvalue weighted by Crippen LogP contribution is -2.75. The second-order valence-electron chi connectivity index (χ2n) is 9.17. The highest BCUT2D eigenvalue weighted by atomic mass is 32.2. The van der Waals surface area contributed by atoms with Gasteiger partial charge in [-0.15, -0.1) is 0 Å². The molecule has 0 bridgehead atoms. The minimum Gasteiger partial charge on any atom is -0.372 e. The van der Waals surface area contributed by atoms with Gasteiger partial charge in [0.2, 0.25) is 17.4 Å². The summed E-state index contributed by atoms with van der Waals surface area (Å²) in [6.07, 6.45) is 2.35. The molecule has 0 aliphatic carbocycles. The van der Waals surface area contributed by atoms with Gasteiger partial charge in [0.05, 0.1) is 35.0 Å². The predicted octanol–water partition coefficient (Wildman–Crippen LogP) is 2.04. The maximum Gasteiger partial charge on any atom is 0.328 e. The van der Waals surface area contributed by atoms with E-state index >= 15 is 4.39 Å². The number of urea groups is 1. The molecule has 11 nitrogen and oxygen atoms in total. The van der Waals surface area contributed by atoms with E-state index in [1.165, 1.54) is 11.8 Å². The van der Waals surface area contributed by atoms with Gasteiger partial charge in [-0.3, -0.25) is 20.2 Å². The number of ether oxygens (including phenoxy) is 1. The van der Waals surface area contributed by atoms with Gasteiger partial charge in [0.1, 0.15) is 5.69 Å². The van der Waals surface area contributed by atoms with E-state index in [-0.39, 0.29) is 30.3 Å². The van der Waals surface area contributed by atoms with Crippen molar-refractivity contribution in [2.75, 3.05) is 17.7 Å². The molecule has 2 aromatic heterocycles. The van der Waals surface area contributed by atoms with Crippen molar-refractivity contribution in [2.45, 2.75) is 43.7 Å². The number of halogens is 1. The lowest BCUT2D eigenvalue weighted by molar-refractivity contribution is -0.153. The van der Waals surface area contributed by atoms with Crippen molar-refractivity contribution in [3.05, 3.63) is 29.7 Å². The van der Waals surface area contributed by atoms with Gasteiger partial charge in [-0.05, 0) is 37.8 Å². The zero-order chi connectivity index (χ0) is 25.4. The highest BCUT2D eigenvalue weighted by Gasteiger charge is 2.63. The largest absolute Gasteiger partial charge is 0.372 e. The van der Waals surface area contributed by atoms with Crippen molar-refractivity contribution in [3.63, 3.8) is 0 Å². The van der Waals surface area contributed by atoms with Gasteiger partial charge in [0, 0.05) is 19.2 Å². The molecule has 4 amide bonds. The third-order valence-corrected chi connectivity index (χ3v) is 7.59. The van der Waals surface area contributed by atoms with Crippen LogP contribution in [0.25, 0.3) is 22.4 Å². The summed E-state index contributed by atoms with van der Waals surface area (Å²) >= 11 is 1.35. The van der Waals surface area contributed by atoms with Crippen molar-refractivity contribution < 1.29 is 28.0 Å². The summed E-state index contributed by atoms with van der Waals surface area (Å²) in [5, 5.41) is 9.41. The van der Waals surface area contributed by atoms with Gasteiger partial charge in [-0.2, -0.15) is 0 Å². The van der Waals surface area contributed by atoms with E-state index in [2.05, 4.69) is 25.8 Å². The number of hydrogen-bond acceptors (Lipinski definition) is 10. The van der Waals surface area contributed by atoms with Crippen LogP contribution in [0.4, 0.5) is 14.9 Å². The number of morpholine rings is 1. The quantitative estimate of drug-likeness (QED) is 0.298. The summed E-state index contributed by atoms with van der Waals surface area (Å²) in [5.74, 6) is -2.13. The first-order chi connectivity index (χ1) is 17.2. The number of rotatable bonds is 2. The summed E-state index contributed by atoms with van der Waals surface area (Å²) in [4.78, 5) is 48.8. The van der Waals surface area contributed by atoms with Gasteiger partial charge < -0.3 is 14.2 Å². The Morgan fingerprint density at radius 2 is 1.97 bits per heavy atom. The fraction of sp³-hybridized carbons (Fsp3) is 0.391. The summed E-state index contributed by atoms with van der Waals surface area (Å²) in [7, 11) is 0. The van der Waals surface area contributed by atoms with E-state index in [0.29, 0.717) is 27.5 Å². The van der Waals surface area contributed by atoms with E-state index in [4.69, 9.17) is 9.26 Å². The summed E-state index contributed by atoms with van der Waals surface area (Å²) < 4.78 is 27.6. The minimum absolute atomic E-state index is 0.0534. The minimum atomic E-state index is -1.71. The highest BCUT2D eigenvalue weighted by molar-refractivity contribution is 7.98. The molecule has 5 heterocycles. The molecule has 186 valence electrons. The van der Waals surface area contributed by atoms with Gasteiger partial charge in [-0.1, -0.05) is 16.9 Å². The lowest BCUT2D eigenvalue weighted by Gasteiger charge is -2.55. The van der Waals surface area contributed by atoms with Crippen LogP contribution in [-0.4, -0.2) is 64.0 Å². The molecular weight excluding hydrogens is 491 g/mol. The fourth-order valence-corrected chi connectivity index (χ4v) is 6.06. The van der Waals surface area contributed by atoms with E-state index in [0.717, 1.165) is 0 Å². The van der Waals surface area contributed by atoms with Crippen molar-refractivity contribution in [1.29, 1.82) is 0 Å². The molecule has 0 radical (unpaired) electrons. The number of anilines is 1. The van der Waals surface area contributed by atoms with Crippen LogP contribution in [0.5, 0.6) is 0 Å². The average Bonchev–Trinajstić information content (AvgIpc) is 3.26. The Balaban J connectivity index is 1.59. The van der Waals surface area contributed by atoms with Crippen molar-refractivity contribution in [1.82, 2.24) is 25.8 Å². The Kier molecular flexibility index (Phi) is 5.06. The van der Waals surface area contributed by atoms with Gasteiger partial charge in [0.25, 0.3) is 0 Å². The van der Waals surface area contributed by atoms with Crippen LogP contribution in [0.3, 0.4) is 0 Å². The first-order valence-corrected chi connectivity index (χ1v) is 12.5. The molecule has 1 aromatic carbocycles. The molecule has 2 saturated heterocycles. The fourth-order valence-electron chi connectivity index (χ4n) is 5.70. The third-order valence-electron chi connectivity index (χ3n) is 7.02. The Labute approximate surface area is 208 Å². The molecule has 3 aromatic rings. The van der Waals surface area contributed by atoms with Crippen molar-refractivity contribution in [2.24, 2.45) is 5.41 Å². The lowest BCUT2D eigenvalue weighted by atomic mass is 9.66. The van der Waals surface area contributed by atoms with Crippen molar-refractivity contribution >= 4 is 46.3 Å². The second kappa shape index (κ2) is 7.96. The number of carbonyl (C=O) groups is 3. The third kappa shape index (κ3) is 3.08. The van der Waals surface area contributed by atoms with E-state index in [1.807, 2.05) is 13.2 Å². The van der Waals surface area contributed by atoms with Crippen LogP contribution < -0.4 is 15.5 Å². The molecule has 36 heavy (non-hydrogen) atoms. The normalized spacial score (nSPS) is 24.9. The van der Waals surface area contributed by atoms with Crippen LogP contribution in [0.1, 0.15) is 19.4 Å². The summed E-state index contributed by atoms with van der Waals surface area (Å²) in [6, 6.07) is 1.59. The predicted molar refractivity (Wildman–Crippen MR) is 126 cm³/mol. The Bertz CT molecular complexity index is 1440. The second-order valence-corrected chi connectivity index (χ2v) is 9.94. The number of nitrogens with zero attached hydrogens (tertiary/aromatic N) is 4. The number of fused-ring (bicyclic) bond motifs is 5. The number of aromatic nitrogens is 3. The molecule has 3 aliphatic rings. The molecule has 3 atom stereocenters. The van der Waals surface area contributed by atoms with Crippen LogP contribution >= 0.6 is 11.8 Å². The summed E-state index contributed by atoms with van der Waals surface area (Å²) in [5.41, 5.74) is -0.352. The highest BCUT2D eigenvalue weighted by Crippen LogP contribution is 2.49. The van der Waals surface area contributed by atoms with Gasteiger partial charge in [0.15, 0.2) is 16.4 Å². The van der Waals surface area contributed by atoms with E-state index in [9.17, 15) is 14.4 Å². The van der Waals surface area contributed by atoms with Gasteiger partial charge >= 0.3 is 6.03 Å². The number of hydrogen-bond donors (Lipinski definition) is 2. The first-order valence-electron chi connectivity index (χ1n) is 11.3. The number of nitrogens with one attached hydrogen (secondary N) is 2. The SMILES string of the molecule is CSc1nccc(-c2noc3c(F)c4c(cc23)CC2(C(=O)NC(=O)NC2=O)[C@H]2[C@H](C)O[C@H](C)CN42)n1. The molecule has 0 unspecified atom stereocenters. The van der Waals surface area contributed by atoms with Crippen LogP contribution in [-0.2, 0) is 20.7 Å². The Morgan fingerprint density at radius 3 is 2.69 bits per heavy atom. The van der Waals surface area contributed by atoms with Gasteiger partial charge in [-0.25, -0.2) is 19.2 Å². The van der Waals surface area contributed by atoms with E-state index in [1.54, 1.807) is 30.2 Å². The molecule has 3 aliphatic heterocycles. The standard InChI is InChI=1S/C23H21FN6O5S/c1-9-8-30-16-11(7-23(18(30)10(2)34-9)19(31)27-21(33)28-20(23)32)6-12-15(29-35-17(12)14(16)24)13-4-5-25-22(26-13)36-3/h4-6,9-10,18H,7-8H2,1-3H3,(H2,27,28,31,32,33)/t9-,10+,18-/m1/s1. The zero-order valence-corrected chi connectivity index (χ0v) is 20.3. The Morgan fingerprint density at radius 1 is 1.22 bits per heavy atom. The molecule has 1 spiro atoms. The monoisotopic (exact) mass is 512 g/mol. The van der Waals surface area contributed by atoms with Crippen LogP contribution in [0.2, 0.25) is 0 Å². The Hall–Kier alpha value is -3.58. The number of imide groups is 2. The maximum atomic E-state index is 16.2. The van der Waals surface area contributed by atoms with Crippen molar-refractivity contribution in [3.8, 4) is 11.4 Å². The molecule has 13 heteroatoms. The number of benzene rings is 1. The van der Waals surface area contributed by atoms with Crippen LogP contribution in [0.15, 0.2) is 28.0 Å². The average molecular weight is 513 g/mol. The topological polar surface area (TPSA) is 140 Å². The molecule has 6 rings (SSSR count). The van der Waals surface area contributed by atoms with Crippen LogP contribution in [0, 0.1) is 11.2 Å². The van der Waals surface area contributed by atoms with E-state index < -0.39 is 41.2 Å². The smallest absolute Gasteiger partial charge is 0.328 e. The number of amides is 4. The number of thioether (sulfide) groups is 1. The molecule has 2 N–H and O–H groups in total. The molecule has 0 saturated carbocycles. The zero-order valence-electron chi connectivity index (χ0n) is 19.5. The first kappa shape index (κ1) is 22.9. The molecule has 2 fully saturated rings. The number of carbonyl (C=O) groups excluding carboxylic acids is 3.